The monoisotopic (exact) mass is 310 g/mol. The Bertz CT molecular complexity index is 1890. The van der Waals surface area contributed by atoms with Crippen LogP contribution < -0.4 is 0 Å². The molecule has 24 heavy (non-hydrogen) atoms. The Morgan fingerprint density at radius 3 is 0.833 bits per heavy atom. The highest BCUT2D eigenvalue weighted by molar-refractivity contribution is 6.44. The Kier molecular flexibility index (Phi) is 0.889. The normalized spacial score (nSPS) is 18.8. The highest BCUT2D eigenvalue weighted by Crippen LogP contribution is 2.47. The second kappa shape index (κ2) is 3.52. The maximum Gasteiger partial charge on any atom is 0.0629 e. The van der Waals surface area contributed by atoms with Gasteiger partial charge in [-0.15, -0.1) is 0 Å². The van der Waals surface area contributed by atoms with Crippen molar-refractivity contribution in [3.8, 4) is 0 Å². The first-order chi connectivity index (χ1) is 16.1. The van der Waals surface area contributed by atoms with Crippen molar-refractivity contribution in [1.82, 2.24) is 0 Å². The van der Waals surface area contributed by atoms with E-state index in [2.05, 4.69) is 0 Å². The molecule has 0 aliphatic heterocycles. The first-order valence-corrected chi connectivity index (χ1v) is 7.66. The van der Waals surface area contributed by atoms with Gasteiger partial charge in [0.15, 0.2) is 0 Å². The molecule has 0 aliphatic carbocycles. The fourth-order valence-corrected chi connectivity index (χ4v) is 4.09. The van der Waals surface area contributed by atoms with E-state index in [-0.39, 0.29) is 82.0 Å². The molecule has 0 saturated carbocycles. The summed E-state index contributed by atoms with van der Waals surface area (Å²) in [5.74, 6) is 0. The van der Waals surface area contributed by atoms with Crippen LogP contribution in [0.5, 0.6) is 0 Å². The van der Waals surface area contributed by atoms with Gasteiger partial charge in [0.05, 0.1) is 13.7 Å². The van der Waals surface area contributed by atoms with E-state index in [0.29, 0.717) is 43.1 Å². The summed E-state index contributed by atoms with van der Waals surface area (Å²) in [5.41, 5.74) is 0. The van der Waals surface area contributed by atoms with Crippen molar-refractivity contribution in [3.63, 3.8) is 0 Å². The minimum absolute atomic E-state index is 0.0518. The first-order valence-electron chi connectivity index (χ1n) is 12.7. The highest BCUT2D eigenvalue weighted by atomic mass is 14.2. The average molecular weight is 310 g/mol. The van der Waals surface area contributed by atoms with Crippen LogP contribution in [-0.4, -0.2) is 0 Å². The van der Waals surface area contributed by atoms with Crippen LogP contribution in [0.4, 0.5) is 0 Å². The second-order valence-corrected chi connectivity index (χ2v) is 6.16. The summed E-state index contributed by atoms with van der Waals surface area (Å²) < 4.78 is 86.5. The van der Waals surface area contributed by atoms with Gasteiger partial charge in [-0.25, -0.2) is 0 Å². The Morgan fingerprint density at radius 2 is 0.542 bits per heavy atom. The van der Waals surface area contributed by atoms with Crippen LogP contribution in [0.15, 0.2) is 72.6 Å². The zero-order valence-electron chi connectivity index (χ0n) is 22.2. The van der Waals surface area contributed by atoms with Gasteiger partial charge in [0.1, 0.15) is 0 Å². The second-order valence-electron chi connectivity index (χ2n) is 6.16. The van der Waals surface area contributed by atoms with E-state index in [9.17, 15) is 0 Å². The lowest BCUT2D eigenvalue weighted by Gasteiger charge is -2.20. The molecule has 0 heterocycles. The van der Waals surface area contributed by atoms with Crippen LogP contribution >= 0.6 is 0 Å². The summed E-state index contributed by atoms with van der Waals surface area (Å²) >= 11 is 0. The Morgan fingerprint density at radius 1 is 0.333 bits per heavy atom. The molecule has 0 fully saturated rings. The van der Waals surface area contributed by atoms with Crippen LogP contribution in [0.25, 0.3) is 64.6 Å². The lowest BCUT2D eigenvalue weighted by molar-refractivity contribution is 1.80. The molecule has 0 aliphatic rings. The molecule has 0 unspecified atom stereocenters. The maximum absolute atomic E-state index is 8.66. The minimum Gasteiger partial charge on any atom is -0.0537 e. The molecular formula is C24H12. The molecule has 7 aromatic rings. The summed E-state index contributed by atoms with van der Waals surface area (Å²) in [7, 11) is 0. The Labute approximate surface area is 152 Å². The maximum atomic E-state index is 8.66. The minimum atomic E-state index is -0.330. The Balaban J connectivity index is 2.12. The molecule has 0 amide bonds. The Hall–Kier alpha value is -3.12. The zero-order valence-corrected chi connectivity index (χ0v) is 12.2. The van der Waals surface area contributed by atoms with E-state index in [1.165, 1.54) is 0 Å². The van der Waals surface area contributed by atoms with E-state index in [1.54, 1.807) is 12.1 Å². The summed E-state index contributed by atoms with van der Waals surface area (Å²) in [5, 5.41) is 3.58. The molecule has 0 heteroatoms. The summed E-state index contributed by atoms with van der Waals surface area (Å²) in [4.78, 5) is 0. The van der Waals surface area contributed by atoms with Crippen molar-refractivity contribution in [3.05, 3.63) is 72.6 Å². The van der Waals surface area contributed by atoms with Gasteiger partial charge in [-0.05, 0) is 64.6 Å². The van der Waals surface area contributed by atoms with Crippen LogP contribution in [-0.2, 0) is 0 Å². The smallest absolute Gasteiger partial charge is 0.0537 e. The SMILES string of the molecule is [2H]c1c([2H])c2c([2H])c([2H])c3c([2H])c([2H])c4c([2H])c([2H])c5c([2H])c([2H])c6ccc1c1c6c5c4c3c21. The molecule has 0 aromatic heterocycles. The predicted molar refractivity (Wildman–Crippen MR) is 105 cm³/mol. The van der Waals surface area contributed by atoms with Crippen molar-refractivity contribution < 1.29 is 13.7 Å². The number of benzene rings is 7. The molecule has 0 nitrogen and oxygen atoms in total. The van der Waals surface area contributed by atoms with Gasteiger partial charge in [-0.1, -0.05) is 72.6 Å². The van der Waals surface area contributed by atoms with Crippen molar-refractivity contribution in [2.75, 3.05) is 0 Å². The van der Waals surface area contributed by atoms with Gasteiger partial charge < -0.3 is 0 Å². The van der Waals surface area contributed by atoms with Crippen LogP contribution in [0.1, 0.15) is 13.7 Å². The van der Waals surface area contributed by atoms with Crippen molar-refractivity contribution >= 4 is 64.6 Å². The third-order valence-electron chi connectivity index (χ3n) is 5.04. The third-order valence-corrected chi connectivity index (χ3v) is 5.04. The fourth-order valence-electron chi connectivity index (χ4n) is 4.09. The van der Waals surface area contributed by atoms with Crippen molar-refractivity contribution in [2.24, 2.45) is 0 Å². The summed E-state index contributed by atoms with van der Waals surface area (Å²) in [6.07, 6.45) is 0. The van der Waals surface area contributed by atoms with Crippen LogP contribution in [0.3, 0.4) is 0 Å². The van der Waals surface area contributed by atoms with Crippen molar-refractivity contribution in [2.45, 2.75) is 0 Å². The van der Waals surface area contributed by atoms with Gasteiger partial charge in [-0.2, -0.15) is 0 Å². The molecule has 0 atom stereocenters. The van der Waals surface area contributed by atoms with E-state index < -0.39 is 0 Å². The number of rotatable bonds is 0. The predicted octanol–water partition coefficient (Wildman–Crippen LogP) is 6.92. The van der Waals surface area contributed by atoms with E-state index >= 15 is 0 Å². The van der Waals surface area contributed by atoms with Gasteiger partial charge in [0, 0.05) is 0 Å². The highest BCUT2D eigenvalue weighted by Gasteiger charge is 2.19. The number of hydrogen-bond donors (Lipinski definition) is 0. The molecule has 7 aromatic carbocycles. The van der Waals surface area contributed by atoms with Crippen LogP contribution in [0.2, 0.25) is 0 Å². The van der Waals surface area contributed by atoms with Gasteiger partial charge in [0.25, 0.3) is 0 Å². The molecule has 0 spiro atoms. The third kappa shape index (κ3) is 1.08. The van der Waals surface area contributed by atoms with E-state index in [4.69, 9.17) is 13.7 Å². The fraction of sp³-hybridized carbons (Fsp3) is 0. The standard InChI is InChI=1S/C24H12/c1-2-14-5-6-16-9-11-18-12-10-17-8-7-15-4-3-13(1)19-20(14)22(16)24(18)23(17)21(15)19/h1-12H/i1D,2D,3D,4D,5D,6D,7D,8D,9D,11D. The quantitative estimate of drug-likeness (QED) is 0.211. The van der Waals surface area contributed by atoms with E-state index in [0.717, 1.165) is 0 Å². The van der Waals surface area contributed by atoms with Crippen molar-refractivity contribution in [1.29, 1.82) is 0 Å². The molecule has 0 bridgehead atoms. The molecular weight excluding hydrogens is 288 g/mol. The van der Waals surface area contributed by atoms with E-state index in [1.807, 2.05) is 0 Å². The average Bonchev–Trinajstić information content (AvgIpc) is 2.81. The van der Waals surface area contributed by atoms with Gasteiger partial charge >= 0.3 is 0 Å². The number of hydrogen-bond acceptors (Lipinski definition) is 0. The molecule has 108 valence electrons. The molecule has 0 radical (unpaired) electrons. The van der Waals surface area contributed by atoms with Gasteiger partial charge in [-0.3, -0.25) is 0 Å². The first kappa shape index (κ1) is 6.07. The van der Waals surface area contributed by atoms with Crippen LogP contribution in [0, 0.1) is 0 Å². The summed E-state index contributed by atoms with van der Waals surface area (Å²) in [6.45, 7) is 0. The lowest BCUT2D eigenvalue weighted by Crippen LogP contribution is -1.91. The molecule has 0 saturated heterocycles. The van der Waals surface area contributed by atoms with Gasteiger partial charge in [0.2, 0.25) is 0 Å². The largest absolute Gasteiger partial charge is 0.0629 e. The molecule has 0 N–H and O–H groups in total. The molecule has 7 rings (SSSR count). The zero-order chi connectivity index (χ0) is 24.1. The topological polar surface area (TPSA) is 0 Å². The lowest BCUT2D eigenvalue weighted by atomic mass is 9.83. The summed E-state index contributed by atoms with van der Waals surface area (Å²) in [6, 6.07) is 0.610.